The molecule has 0 bridgehead atoms. The number of aliphatic carboxylic acids is 1. The summed E-state index contributed by atoms with van der Waals surface area (Å²) in [5.41, 5.74) is 3.65. The third kappa shape index (κ3) is 3.98. The highest BCUT2D eigenvalue weighted by Gasteiger charge is 2.33. The first-order valence-electron chi connectivity index (χ1n) is 11.2. The van der Waals surface area contributed by atoms with E-state index in [2.05, 4.69) is 11.4 Å². The Labute approximate surface area is 196 Å². The summed E-state index contributed by atoms with van der Waals surface area (Å²) in [5.74, 6) is -1.02. The van der Waals surface area contributed by atoms with E-state index >= 15 is 0 Å². The third-order valence-corrected chi connectivity index (χ3v) is 6.45. The minimum absolute atomic E-state index is 0.0633. The maximum Gasteiger partial charge on any atom is 0.305 e. The molecular formula is C25H25FN4O4. The standard InChI is InChI=1S/C25H25FN4O4/c1-34-22-7-5-16(11-18(22)26)20(13-23(31)32)30-10-9-29-14-17(12-21(29)25(30)33)19-6-4-15-3-2-8-27-24(15)28-19/h4-7,11-12,14,20H,2-3,8-10,13H2,1H3,(H,27,28)(H,31,32)/t20-/m0/s1. The molecule has 5 rings (SSSR count). The Bertz CT molecular complexity index is 1270. The van der Waals surface area contributed by atoms with E-state index in [9.17, 15) is 19.1 Å². The van der Waals surface area contributed by atoms with Crippen LogP contribution >= 0.6 is 0 Å². The van der Waals surface area contributed by atoms with Crippen LogP contribution in [0, 0.1) is 5.82 Å². The van der Waals surface area contributed by atoms with Crippen LogP contribution in [0.3, 0.4) is 0 Å². The van der Waals surface area contributed by atoms with Gasteiger partial charge < -0.3 is 24.6 Å². The lowest BCUT2D eigenvalue weighted by Crippen LogP contribution is -2.43. The molecule has 2 N–H and O–H groups in total. The Morgan fingerprint density at radius 3 is 2.88 bits per heavy atom. The van der Waals surface area contributed by atoms with Gasteiger partial charge in [0.05, 0.1) is 25.3 Å². The molecule has 3 aromatic rings. The number of ether oxygens (including phenoxy) is 1. The minimum Gasteiger partial charge on any atom is -0.494 e. The number of hydrogen-bond acceptors (Lipinski definition) is 5. The number of aryl methyl sites for hydroxylation is 1. The van der Waals surface area contributed by atoms with Crippen LogP contribution in [0.25, 0.3) is 11.3 Å². The van der Waals surface area contributed by atoms with Gasteiger partial charge >= 0.3 is 5.97 Å². The Morgan fingerprint density at radius 1 is 1.26 bits per heavy atom. The third-order valence-electron chi connectivity index (χ3n) is 6.45. The smallest absolute Gasteiger partial charge is 0.305 e. The summed E-state index contributed by atoms with van der Waals surface area (Å²) in [6.45, 7) is 1.70. The predicted octanol–water partition coefficient (Wildman–Crippen LogP) is 3.73. The molecule has 2 aromatic heterocycles. The van der Waals surface area contributed by atoms with E-state index in [0.29, 0.717) is 24.3 Å². The lowest BCUT2D eigenvalue weighted by Gasteiger charge is -2.35. The lowest BCUT2D eigenvalue weighted by atomic mass is 10.00. The highest BCUT2D eigenvalue weighted by molar-refractivity contribution is 5.95. The summed E-state index contributed by atoms with van der Waals surface area (Å²) in [6.07, 6.45) is 3.64. The number of fused-ring (bicyclic) bond motifs is 2. The number of benzene rings is 1. The Balaban J connectivity index is 1.46. The topological polar surface area (TPSA) is 96.7 Å². The maximum atomic E-state index is 14.4. The number of carboxylic acids is 1. The van der Waals surface area contributed by atoms with E-state index in [0.717, 1.165) is 36.5 Å². The zero-order valence-electron chi connectivity index (χ0n) is 18.8. The molecule has 176 valence electrons. The van der Waals surface area contributed by atoms with Gasteiger partial charge in [-0.05, 0) is 48.2 Å². The van der Waals surface area contributed by atoms with E-state index in [-0.39, 0.29) is 18.1 Å². The van der Waals surface area contributed by atoms with Crippen LogP contribution in [-0.2, 0) is 17.8 Å². The number of aromatic nitrogens is 2. The minimum atomic E-state index is -1.07. The van der Waals surface area contributed by atoms with Gasteiger partial charge in [-0.2, -0.15) is 0 Å². The van der Waals surface area contributed by atoms with Crippen molar-refractivity contribution in [3.8, 4) is 17.0 Å². The predicted molar refractivity (Wildman–Crippen MR) is 123 cm³/mol. The second-order valence-electron chi connectivity index (χ2n) is 8.55. The number of carbonyl (C=O) groups excluding carboxylic acids is 1. The monoisotopic (exact) mass is 464 g/mol. The van der Waals surface area contributed by atoms with E-state index in [1.165, 1.54) is 29.7 Å². The molecule has 0 spiro atoms. The van der Waals surface area contributed by atoms with Crippen LogP contribution in [0.4, 0.5) is 10.2 Å². The first-order chi connectivity index (χ1) is 16.4. The van der Waals surface area contributed by atoms with Crippen molar-refractivity contribution in [1.29, 1.82) is 0 Å². The van der Waals surface area contributed by atoms with Crippen molar-refractivity contribution in [2.75, 3.05) is 25.5 Å². The largest absolute Gasteiger partial charge is 0.494 e. The van der Waals surface area contributed by atoms with Crippen LogP contribution < -0.4 is 10.1 Å². The molecule has 34 heavy (non-hydrogen) atoms. The number of pyridine rings is 1. The summed E-state index contributed by atoms with van der Waals surface area (Å²) >= 11 is 0. The second-order valence-corrected chi connectivity index (χ2v) is 8.55. The Hall–Kier alpha value is -3.88. The molecule has 1 amide bonds. The Morgan fingerprint density at radius 2 is 2.12 bits per heavy atom. The zero-order valence-corrected chi connectivity index (χ0v) is 18.8. The molecule has 4 heterocycles. The van der Waals surface area contributed by atoms with Crippen LogP contribution in [0.2, 0.25) is 0 Å². The fourth-order valence-electron chi connectivity index (χ4n) is 4.73. The van der Waals surface area contributed by atoms with Gasteiger partial charge in [-0.3, -0.25) is 9.59 Å². The van der Waals surface area contributed by atoms with Gasteiger partial charge in [0.1, 0.15) is 11.5 Å². The number of nitrogens with zero attached hydrogens (tertiary/aromatic N) is 3. The fraction of sp³-hybridized carbons (Fsp3) is 0.320. The molecular weight excluding hydrogens is 439 g/mol. The zero-order chi connectivity index (χ0) is 23.8. The first-order valence-corrected chi connectivity index (χ1v) is 11.2. The van der Waals surface area contributed by atoms with Crippen molar-refractivity contribution in [1.82, 2.24) is 14.5 Å². The average molecular weight is 464 g/mol. The molecule has 0 fully saturated rings. The normalized spacial score (nSPS) is 15.8. The second kappa shape index (κ2) is 8.81. The number of methoxy groups -OCH3 is 1. The quantitative estimate of drug-likeness (QED) is 0.577. The molecule has 0 aliphatic carbocycles. The van der Waals surface area contributed by atoms with Crippen molar-refractivity contribution < 1.29 is 23.8 Å². The van der Waals surface area contributed by atoms with Crippen LogP contribution in [0.15, 0.2) is 42.6 Å². The van der Waals surface area contributed by atoms with E-state index < -0.39 is 17.8 Å². The van der Waals surface area contributed by atoms with Crippen molar-refractivity contribution in [3.05, 3.63) is 65.2 Å². The molecule has 0 saturated heterocycles. The van der Waals surface area contributed by atoms with Crippen molar-refractivity contribution in [3.63, 3.8) is 0 Å². The van der Waals surface area contributed by atoms with Gasteiger partial charge in [-0.25, -0.2) is 9.37 Å². The molecule has 1 atom stereocenters. The molecule has 0 saturated carbocycles. The van der Waals surface area contributed by atoms with Crippen molar-refractivity contribution in [2.45, 2.75) is 31.8 Å². The highest BCUT2D eigenvalue weighted by Crippen LogP contribution is 2.33. The number of hydrogen-bond donors (Lipinski definition) is 2. The van der Waals surface area contributed by atoms with Gasteiger partial charge in [0.25, 0.3) is 5.91 Å². The number of nitrogens with one attached hydrogen (secondary N) is 1. The number of amides is 1. The van der Waals surface area contributed by atoms with E-state index in [1.807, 2.05) is 16.8 Å². The van der Waals surface area contributed by atoms with Crippen LogP contribution in [0.1, 0.15) is 40.5 Å². The van der Waals surface area contributed by atoms with Crippen molar-refractivity contribution in [2.24, 2.45) is 0 Å². The molecule has 8 nitrogen and oxygen atoms in total. The van der Waals surface area contributed by atoms with Gasteiger partial charge in [0.15, 0.2) is 11.6 Å². The molecule has 2 aliphatic heterocycles. The first kappa shape index (κ1) is 21.9. The summed E-state index contributed by atoms with van der Waals surface area (Å²) in [5, 5.41) is 12.8. The number of carboxylic acid groups (broad SMARTS) is 1. The van der Waals surface area contributed by atoms with Crippen LogP contribution in [0.5, 0.6) is 5.75 Å². The summed E-state index contributed by atoms with van der Waals surface area (Å²) in [4.78, 5) is 31.3. The van der Waals surface area contributed by atoms with Crippen molar-refractivity contribution >= 4 is 17.7 Å². The maximum absolute atomic E-state index is 14.4. The molecule has 2 aliphatic rings. The van der Waals surface area contributed by atoms with Gasteiger partial charge in [0, 0.05) is 31.4 Å². The van der Waals surface area contributed by atoms with Crippen LogP contribution in [-0.4, -0.2) is 51.6 Å². The number of carbonyl (C=O) groups is 2. The average Bonchev–Trinajstić information content (AvgIpc) is 3.28. The van der Waals surface area contributed by atoms with E-state index in [4.69, 9.17) is 9.72 Å². The van der Waals surface area contributed by atoms with E-state index in [1.54, 1.807) is 12.1 Å². The highest BCUT2D eigenvalue weighted by atomic mass is 19.1. The summed E-state index contributed by atoms with van der Waals surface area (Å²) in [6, 6.07) is 9.31. The molecule has 9 heteroatoms. The lowest BCUT2D eigenvalue weighted by molar-refractivity contribution is -0.138. The van der Waals surface area contributed by atoms with Gasteiger partial charge in [0.2, 0.25) is 0 Å². The summed E-state index contributed by atoms with van der Waals surface area (Å²) in [7, 11) is 1.36. The van der Waals surface area contributed by atoms with Gasteiger partial charge in [-0.1, -0.05) is 12.1 Å². The molecule has 0 unspecified atom stereocenters. The molecule has 1 aromatic carbocycles. The Kier molecular flexibility index (Phi) is 5.69. The number of halogens is 1. The fourth-order valence-corrected chi connectivity index (χ4v) is 4.73. The SMILES string of the molecule is COc1ccc([C@H](CC(=O)O)N2CCn3cc(-c4ccc5c(n4)NCCC5)cc3C2=O)cc1F. The van der Waals surface area contributed by atoms with Gasteiger partial charge in [-0.15, -0.1) is 0 Å². The number of anilines is 1. The summed E-state index contributed by atoms with van der Waals surface area (Å²) < 4.78 is 21.2. The molecule has 0 radical (unpaired) electrons. The number of rotatable bonds is 6.